The molecule has 0 spiro atoms. The van der Waals surface area contributed by atoms with Gasteiger partial charge in [-0.05, 0) is 30.9 Å². The Kier molecular flexibility index (Phi) is 4.01. The molecular weight excluding hydrogens is 238 g/mol. The first-order chi connectivity index (χ1) is 9.20. The van der Waals surface area contributed by atoms with Crippen molar-refractivity contribution in [1.82, 2.24) is 0 Å². The van der Waals surface area contributed by atoms with Crippen LogP contribution in [0.1, 0.15) is 37.3 Å². The SMILES string of the molecule is CCOC(=O)CC=Cc1cccc(C2(C#N)CC2)c1. The van der Waals surface area contributed by atoms with Gasteiger partial charge in [0.1, 0.15) is 0 Å². The highest BCUT2D eigenvalue weighted by Gasteiger charge is 2.44. The Morgan fingerprint density at radius 3 is 2.95 bits per heavy atom. The number of nitrogens with zero attached hydrogens (tertiary/aromatic N) is 1. The van der Waals surface area contributed by atoms with Crippen molar-refractivity contribution >= 4 is 12.0 Å². The Morgan fingerprint density at radius 1 is 1.53 bits per heavy atom. The van der Waals surface area contributed by atoms with Crippen LogP contribution >= 0.6 is 0 Å². The molecule has 0 radical (unpaired) electrons. The summed E-state index contributed by atoms with van der Waals surface area (Å²) in [4.78, 5) is 11.2. The monoisotopic (exact) mass is 255 g/mol. The van der Waals surface area contributed by atoms with Crippen molar-refractivity contribution < 1.29 is 9.53 Å². The van der Waals surface area contributed by atoms with Gasteiger partial charge in [0.25, 0.3) is 0 Å². The molecule has 0 atom stereocenters. The van der Waals surface area contributed by atoms with E-state index in [2.05, 4.69) is 6.07 Å². The van der Waals surface area contributed by atoms with Gasteiger partial charge in [-0.3, -0.25) is 4.79 Å². The first kappa shape index (κ1) is 13.4. The number of hydrogen-bond acceptors (Lipinski definition) is 3. The van der Waals surface area contributed by atoms with E-state index in [-0.39, 0.29) is 17.8 Å². The van der Waals surface area contributed by atoms with E-state index in [4.69, 9.17) is 4.74 Å². The predicted octanol–water partition coefficient (Wildman–Crippen LogP) is 3.21. The average Bonchev–Trinajstić information content (AvgIpc) is 3.20. The molecule has 1 aliphatic rings. The molecule has 0 bridgehead atoms. The molecular formula is C16H17NO2. The molecule has 0 heterocycles. The van der Waals surface area contributed by atoms with Crippen LogP contribution in [0.5, 0.6) is 0 Å². The van der Waals surface area contributed by atoms with Gasteiger partial charge in [0.05, 0.1) is 24.5 Å². The van der Waals surface area contributed by atoms with E-state index in [1.807, 2.05) is 30.3 Å². The lowest BCUT2D eigenvalue weighted by Crippen LogP contribution is -2.02. The summed E-state index contributed by atoms with van der Waals surface area (Å²) in [6.45, 7) is 2.20. The lowest BCUT2D eigenvalue weighted by Gasteiger charge is -2.06. The number of nitriles is 1. The quantitative estimate of drug-likeness (QED) is 0.759. The third kappa shape index (κ3) is 3.23. The highest BCUT2D eigenvalue weighted by molar-refractivity contribution is 5.72. The number of benzene rings is 1. The second-order valence-corrected chi connectivity index (χ2v) is 4.73. The maximum atomic E-state index is 11.2. The maximum absolute atomic E-state index is 11.2. The fraction of sp³-hybridized carbons (Fsp3) is 0.375. The minimum absolute atomic E-state index is 0.217. The van der Waals surface area contributed by atoms with Crippen molar-refractivity contribution in [2.45, 2.75) is 31.6 Å². The molecule has 0 aromatic heterocycles. The third-order valence-corrected chi connectivity index (χ3v) is 3.30. The van der Waals surface area contributed by atoms with Gasteiger partial charge in [0, 0.05) is 0 Å². The molecule has 1 aliphatic carbocycles. The maximum Gasteiger partial charge on any atom is 0.309 e. The lowest BCUT2D eigenvalue weighted by molar-refractivity contribution is -0.142. The summed E-state index contributed by atoms with van der Waals surface area (Å²) in [7, 11) is 0. The van der Waals surface area contributed by atoms with Crippen molar-refractivity contribution in [2.24, 2.45) is 0 Å². The molecule has 0 N–H and O–H groups in total. The number of carbonyl (C=O) groups excluding carboxylic acids is 1. The predicted molar refractivity (Wildman–Crippen MR) is 73.3 cm³/mol. The largest absolute Gasteiger partial charge is 0.466 e. The zero-order chi connectivity index (χ0) is 13.7. The van der Waals surface area contributed by atoms with E-state index in [0.29, 0.717) is 6.61 Å². The van der Waals surface area contributed by atoms with Gasteiger partial charge in [-0.15, -0.1) is 0 Å². The van der Waals surface area contributed by atoms with Crippen LogP contribution < -0.4 is 0 Å². The summed E-state index contributed by atoms with van der Waals surface area (Å²) in [5, 5.41) is 9.18. The number of hydrogen-bond donors (Lipinski definition) is 0. The van der Waals surface area contributed by atoms with Crippen LogP contribution in [0.15, 0.2) is 30.3 Å². The van der Waals surface area contributed by atoms with Crippen molar-refractivity contribution in [2.75, 3.05) is 6.61 Å². The standard InChI is InChI=1S/C16H17NO2/c1-2-19-15(18)8-4-6-13-5-3-7-14(11-13)16(12-17)9-10-16/h3-7,11H,2,8-10H2,1H3. The molecule has 3 heteroatoms. The molecule has 1 fully saturated rings. The summed E-state index contributed by atoms with van der Waals surface area (Å²) in [6.07, 6.45) is 5.86. The Labute approximate surface area is 113 Å². The fourth-order valence-electron chi connectivity index (χ4n) is 2.04. The number of ether oxygens (including phenoxy) is 1. The van der Waals surface area contributed by atoms with Gasteiger partial charge >= 0.3 is 5.97 Å². The molecule has 19 heavy (non-hydrogen) atoms. The van der Waals surface area contributed by atoms with Gasteiger partial charge in [0.15, 0.2) is 0 Å². The minimum Gasteiger partial charge on any atom is -0.466 e. The van der Waals surface area contributed by atoms with Gasteiger partial charge in [-0.1, -0.05) is 36.4 Å². The van der Waals surface area contributed by atoms with Crippen molar-refractivity contribution in [1.29, 1.82) is 5.26 Å². The van der Waals surface area contributed by atoms with Crippen LogP contribution in [-0.2, 0) is 14.9 Å². The Hall–Kier alpha value is -2.08. The summed E-state index contributed by atoms with van der Waals surface area (Å²) in [6, 6.07) is 10.3. The molecule has 98 valence electrons. The zero-order valence-corrected chi connectivity index (χ0v) is 11.1. The highest BCUT2D eigenvalue weighted by Crippen LogP contribution is 2.47. The Morgan fingerprint density at radius 2 is 2.32 bits per heavy atom. The van der Waals surface area contributed by atoms with E-state index >= 15 is 0 Å². The van der Waals surface area contributed by atoms with Crippen LogP contribution in [0.25, 0.3) is 6.08 Å². The lowest BCUT2D eigenvalue weighted by atomic mass is 9.96. The number of rotatable bonds is 5. The van der Waals surface area contributed by atoms with Gasteiger partial charge in [-0.25, -0.2) is 0 Å². The molecule has 0 aliphatic heterocycles. The second-order valence-electron chi connectivity index (χ2n) is 4.73. The number of carbonyl (C=O) groups is 1. The van der Waals surface area contributed by atoms with E-state index < -0.39 is 0 Å². The Balaban J connectivity index is 2.02. The summed E-state index contributed by atoms with van der Waals surface area (Å²) in [5.74, 6) is -0.217. The van der Waals surface area contributed by atoms with Crippen LogP contribution in [-0.4, -0.2) is 12.6 Å². The molecule has 0 amide bonds. The molecule has 1 aromatic carbocycles. The molecule has 2 rings (SSSR count). The zero-order valence-electron chi connectivity index (χ0n) is 11.1. The summed E-state index contributed by atoms with van der Waals surface area (Å²) in [5.41, 5.74) is 1.84. The second kappa shape index (κ2) is 5.71. The molecule has 1 saturated carbocycles. The van der Waals surface area contributed by atoms with Gasteiger partial charge < -0.3 is 4.74 Å². The smallest absolute Gasteiger partial charge is 0.309 e. The van der Waals surface area contributed by atoms with E-state index in [9.17, 15) is 10.1 Å². The topological polar surface area (TPSA) is 50.1 Å². The normalized spacial score (nSPS) is 16.0. The highest BCUT2D eigenvalue weighted by atomic mass is 16.5. The van der Waals surface area contributed by atoms with E-state index in [1.54, 1.807) is 13.0 Å². The fourth-order valence-corrected chi connectivity index (χ4v) is 2.04. The van der Waals surface area contributed by atoms with E-state index in [0.717, 1.165) is 24.0 Å². The van der Waals surface area contributed by atoms with Crippen LogP contribution in [0.3, 0.4) is 0 Å². The van der Waals surface area contributed by atoms with Crippen LogP contribution in [0.2, 0.25) is 0 Å². The summed E-state index contributed by atoms with van der Waals surface area (Å²) < 4.78 is 4.85. The third-order valence-electron chi connectivity index (χ3n) is 3.30. The summed E-state index contributed by atoms with van der Waals surface area (Å²) >= 11 is 0. The van der Waals surface area contributed by atoms with Crippen molar-refractivity contribution in [3.05, 3.63) is 41.5 Å². The molecule has 0 saturated heterocycles. The average molecular weight is 255 g/mol. The minimum atomic E-state index is -0.259. The first-order valence-electron chi connectivity index (χ1n) is 6.54. The molecule has 1 aromatic rings. The Bertz CT molecular complexity index is 536. The van der Waals surface area contributed by atoms with Crippen LogP contribution in [0, 0.1) is 11.3 Å². The first-order valence-corrected chi connectivity index (χ1v) is 6.54. The van der Waals surface area contributed by atoms with Gasteiger partial charge in [0.2, 0.25) is 0 Å². The van der Waals surface area contributed by atoms with Crippen molar-refractivity contribution in [3.8, 4) is 6.07 Å². The van der Waals surface area contributed by atoms with Crippen molar-refractivity contribution in [3.63, 3.8) is 0 Å². The number of esters is 1. The van der Waals surface area contributed by atoms with Crippen LogP contribution in [0.4, 0.5) is 0 Å². The molecule has 3 nitrogen and oxygen atoms in total. The van der Waals surface area contributed by atoms with E-state index in [1.165, 1.54) is 0 Å². The van der Waals surface area contributed by atoms with Gasteiger partial charge in [-0.2, -0.15) is 5.26 Å². The molecule has 0 unspecified atom stereocenters.